The predicted molar refractivity (Wildman–Crippen MR) is 111 cm³/mol. The van der Waals surface area contributed by atoms with Crippen LogP contribution in [0.15, 0.2) is 18.3 Å². The number of carbonyl (C=O) groups excluding carboxylic acids is 1. The first-order valence-electron chi connectivity index (χ1n) is 10.4. The summed E-state index contributed by atoms with van der Waals surface area (Å²) in [6, 6.07) is 4.53. The molecule has 152 valence electrons. The highest BCUT2D eigenvalue weighted by molar-refractivity contribution is 5.87. The number of likely N-dealkylation sites (tertiary alicyclic amines) is 1. The standard InChI is InChI=1S/C22H37N3O2/c1-7-8-14-24-15-10-9-11-19(24)18-12-13-20(23-16-18)25(17(2)3)21(26)27-22(4,5)6/h12-13,16-17,19H,7-11,14-15H2,1-6H3/t19-/m1/s1. The van der Waals surface area contributed by atoms with Crippen molar-refractivity contribution in [1.29, 1.82) is 0 Å². The lowest BCUT2D eigenvalue weighted by Crippen LogP contribution is -2.41. The highest BCUT2D eigenvalue weighted by atomic mass is 16.6. The zero-order valence-corrected chi connectivity index (χ0v) is 18.0. The van der Waals surface area contributed by atoms with Gasteiger partial charge in [0.05, 0.1) is 0 Å². The zero-order chi connectivity index (χ0) is 20.0. The lowest BCUT2D eigenvalue weighted by atomic mass is 9.96. The molecule has 1 aromatic heterocycles. The Morgan fingerprint density at radius 1 is 1.33 bits per heavy atom. The monoisotopic (exact) mass is 375 g/mol. The molecule has 1 atom stereocenters. The number of unbranched alkanes of at least 4 members (excludes halogenated alkanes) is 1. The van der Waals surface area contributed by atoms with Crippen molar-refractivity contribution in [2.75, 3.05) is 18.0 Å². The zero-order valence-electron chi connectivity index (χ0n) is 18.0. The molecule has 2 rings (SSSR count). The van der Waals surface area contributed by atoms with Crippen LogP contribution in [0.4, 0.5) is 10.6 Å². The molecule has 1 saturated heterocycles. The molecule has 5 heteroatoms. The van der Waals surface area contributed by atoms with Crippen molar-refractivity contribution in [2.24, 2.45) is 0 Å². The molecule has 5 nitrogen and oxygen atoms in total. The summed E-state index contributed by atoms with van der Waals surface area (Å²) in [7, 11) is 0. The quantitative estimate of drug-likeness (QED) is 0.653. The van der Waals surface area contributed by atoms with E-state index in [0.717, 1.165) is 6.54 Å². The smallest absolute Gasteiger partial charge is 0.416 e. The van der Waals surface area contributed by atoms with E-state index in [-0.39, 0.29) is 12.1 Å². The van der Waals surface area contributed by atoms with E-state index in [1.165, 1.54) is 44.2 Å². The Labute approximate surface area is 165 Å². The van der Waals surface area contributed by atoms with E-state index in [9.17, 15) is 4.79 Å². The molecule has 0 saturated carbocycles. The number of hydrogen-bond donors (Lipinski definition) is 0. The first kappa shape index (κ1) is 21.7. The Kier molecular flexibility index (Phi) is 7.66. The minimum atomic E-state index is -0.522. The summed E-state index contributed by atoms with van der Waals surface area (Å²) >= 11 is 0. The van der Waals surface area contributed by atoms with Crippen LogP contribution in [-0.2, 0) is 4.74 Å². The topological polar surface area (TPSA) is 45.7 Å². The SMILES string of the molecule is CCCCN1CCCC[C@@H]1c1ccc(N(C(=O)OC(C)(C)C)C(C)C)nc1. The first-order chi connectivity index (χ1) is 12.7. The van der Waals surface area contributed by atoms with Crippen LogP contribution in [0.1, 0.15) is 85.3 Å². The van der Waals surface area contributed by atoms with Gasteiger partial charge in [0.15, 0.2) is 0 Å². The van der Waals surface area contributed by atoms with Crippen molar-refractivity contribution in [3.63, 3.8) is 0 Å². The van der Waals surface area contributed by atoms with Gasteiger partial charge in [-0.05, 0) is 78.6 Å². The summed E-state index contributed by atoms with van der Waals surface area (Å²) in [4.78, 5) is 21.5. The van der Waals surface area contributed by atoms with Crippen LogP contribution in [0.2, 0.25) is 0 Å². The van der Waals surface area contributed by atoms with Gasteiger partial charge in [0.25, 0.3) is 0 Å². The van der Waals surface area contributed by atoms with E-state index in [1.54, 1.807) is 4.90 Å². The number of anilines is 1. The Bertz CT molecular complexity index is 593. The second kappa shape index (κ2) is 9.54. The summed E-state index contributed by atoms with van der Waals surface area (Å²) in [5.74, 6) is 0.652. The van der Waals surface area contributed by atoms with Gasteiger partial charge in [0.2, 0.25) is 0 Å². The van der Waals surface area contributed by atoms with Crippen LogP contribution in [0.5, 0.6) is 0 Å². The van der Waals surface area contributed by atoms with Crippen molar-refractivity contribution in [3.05, 3.63) is 23.9 Å². The van der Waals surface area contributed by atoms with Gasteiger partial charge in [0, 0.05) is 18.3 Å². The molecule has 2 heterocycles. The molecule has 0 N–H and O–H groups in total. The van der Waals surface area contributed by atoms with Crippen LogP contribution in [-0.4, -0.2) is 40.7 Å². The fraction of sp³-hybridized carbons (Fsp3) is 0.727. The van der Waals surface area contributed by atoms with Gasteiger partial charge >= 0.3 is 6.09 Å². The van der Waals surface area contributed by atoms with Crippen molar-refractivity contribution < 1.29 is 9.53 Å². The van der Waals surface area contributed by atoms with Gasteiger partial charge in [-0.25, -0.2) is 9.78 Å². The van der Waals surface area contributed by atoms with Gasteiger partial charge in [-0.3, -0.25) is 9.80 Å². The predicted octanol–water partition coefficient (Wildman–Crippen LogP) is 5.56. The number of amides is 1. The Hall–Kier alpha value is -1.62. The fourth-order valence-electron chi connectivity index (χ4n) is 3.61. The number of rotatable bonds is 6. The lowest BCUT2D eigenvalue weighted by molar-refractivity contribution is 0.0569. The highest BCUT2D eigenvalue weighted by Crippen LogP contribution is 2.31. The number of aromatic nitrogens is 1. The summed E-state index contributed by atoms with van der Waals surface area (Å²) in [5, 5.41) is 0. The van der Waals surface area contributed by atoms with Gasteiger partial charge in [-0.2, -0.15) is 0 Å². The average molecular weight is 376 g/mol. The maximum atomic E-state index is 12.6. The third-order valence-electron chi connectivity index (χ3n) is 4.92. The summed E-state index contributed by atoms with van der Waals surface area (Å²) < 4.78 is 5.56. The molecule has 1 fully saturated rings. The van der Waals surface area contributed by atoms with E-state index < -0.39 is 5.60 Å². The van der Waals surface area contributed by atoms with Gasteiger partial charge in [0.1, 0.15) is 11.4 Å². The third kappa shape index (κ3) is 6.20. The Morgan fingerprint density at radius 2 is 2.07 bits per heavy atom. The van der Waals surface area contributed by atoms with Crippen LogP contribution in [0.3, 0.4) is 0 Å². The first-order valence-corrected chi connectivity index (χ1v) is 10.4. The number of piperidine rings is 1. The summed E-state index contributed by atoms with van der Waals surface area (Å²) in [6.07, 6.45) is 7.80. The van der Waals surface area contributed by atoms with Crippen LogP contribution in [0, 0.1) is 0 Å². The summed E-state index contributed by atoms with van der Waals surface area (Å²) in [6.45, 7) is 14.2. The molecule has 0 spiro atoms. The average Bonchev–Trinajstić information content (AvgIpc) is 2.59. The van der Waals surface area contributed by atoms with E-state index >= 15 is 0 Å². The molecule has 0 radical (unpaired) electrons. The van der Waals surface area contributed by atoms with E-state index in [0.29, 0.717) is 11.9 Å². The molecular weight excluding hydrogens is 338 g/mol. The molecule has 0 aliphatic carbocycles. The molecule has 0 bridgehead atoms. The van der Waals surface area contributed by atoms with E-state index in [2.05, 4.69) is 22.9 Å². The van der Waals surface area contributed by atoms with E-state index in [4.69, 9.17) is 4.74 Å². The second-order valence-corrected chi connectivity index (χ2v) is 8.79. The molecule has 1 aliphatic rings. The van der Waals surface area contributed by atoms with Gasteiger partial charge in [-0.1, -0.05) is 25.8 Å². The second-order valence-electron chi connectivity index (χ2n) is 8.79. The molecule has 1 amide bonds. The molecule has 27 heavy (non-hydrogen) atoms. The number of pyridine rings is 1. The molecule has 1 aliphatic heterocycles. The molecule has 0 unspecified atom stereocenters. The lowest BCUT2D eigenvalue weighted by Gasteiger charge is -2.36. The van der Waals surface area contributed by atoms with Gasteiger partial charge < -0.3 is 4.74 Å². The fourth-order valence-corrected chi connectivity index (χ4v) is 3.61. The van der Waals surface area contributed by atoms with E-state index in [1.807, 2.05) is 46.9 Å². The summed E-state index contributed by atoms with van der Waals surface area (Å²) in [5.41, 5.74) is 0.730. The largest absolute Gasteiger partial charge is 0.443 e. The maximum Gasteiger partial charge on any atom is 0.416 e. The van der Waals surface area contributed by atoms with Crippen molar-refractivity contribution in [1.82, 2.24) is 9.88 Å². The molecular formula is C22H37N3O2. The van der Waals surface area contributed by atoms with Gasteiger partial charge in [-0.15, -0.1) is 0 Å². The van der Waals surface area contributed by atoms with Crippen LogP contribution in [0.25, 0.3) is 0 Å². The normalized spacial score (nSPS) is 18.6. The maximum absolute atomic E-state index is 12.6. The van der Waals surface area contributed by atoms with Crippen LogP contribution >= 0.6 is 0 Å². The third-order valence-corrected chi connectivity index (χ3v) is 4.92. The Morgan fingerprint density at radius 3 is 2.63 bits per heavy atom. The Balaban J connectivity index is 2.17. The number of ether oxygens (including phenoxy) is 1. The number of carbonyl (C=O) groups is 1. The minimum Gasteiger partial charge on any atom is -0.443 e. The van der Waals surface area contributed by atoms with Crippen molar-refractivity contribution >= 4 is 11.9 Å². The van der Waals surface area contributed by atoms with Crippen molar-refractivity contribution in [2.45, 2.75) is 91.3 Å². The van der Waals surface area contributed by atoms with Crippen LogP contribution < -0.4 is 4.90 Å². The number of nitrogens with zero attached hydrogens (tertiary/aromatic N) is 3. The minimum absolute atomic E-state index is 0.0195. The highest BCUT2D eigenvalue weighted by Gasteiger charge is 2.28. The van der Waals surface area contributed by atoms with Crippen molar-refractivity contribution in [3.8, 4) is 0 Å². The molecule has 0 aromatic carbocycles. The number of hydrogen-bond acceptors (Lipinski definition) is 4. The molecule has 1 aromatic rings.